The predicted octanol–water partition coefficient (Wildman–Crippen LogP) is 2.94. The molecule has 2 rings (SSSR count). The summed E-state index contributed by atoms with van der Waals surface area (Å²) < 4.78 is 12.8. The van der Waals surface area contributed by atoms with Gasteiger partial charge in [-0.2, -0.15) is 0 Å². The molecule has 106 valence electrons. The number of benzene rings is 1. The maximum Gasteiger partial charge on any atom is 0.269 e. The molecular weight excluding hydrogens is 279 g/mol. The van der Waals surface area contributed by atoms with E-state index in [4.69, 9.17) is 5.73 Å². The number of carbonyl (C=O) groups is 1. The average molecular weight is 294 g/mol. The van der Waals surface area contributed by atoms with E-state index >= 15 is 0 Å². The van der Waals surface area contributed by atoms with Crippen molar-refractivity contribution in [2.24, 2.45) is 0 Å². The number of nitrogens with one attached hydrogen (secondary N) is 2. The van der Waals surface area contributed by atoms with Gasteiger partial charge >= 0.3 is 0 Å². The van der Waals surface area contributed by atoms with Gasteiger partial charge in [-0.1, -0.05) is 18.3 Å². The van der Waals surface area contributed by atoms with E-state index in [-0.39, 0.29) is 17.5 Å². The van der Waals surface area contributed by atoms with Crippen molar-refractivity contribution in [1.29, 1.82) is 0 Å². The molecule has 4 N–H and O–H groups in total. The molecule has 1 aromatic heterocycles. The average Bonchev–Trinajstić information content (AvgIpc) is 2.80. The molecule has 0 saturated carbocycles. The third-order valence-electron chi connectivity index (χ3n) is 2.49. The van der Waals surface area contributed by atoms with Crippen LogP contribution in [0.1, 0.15) is 23.0 Å². The molecule has 1 aromatic carbocycles. The number of thiazole rings is 1. The number of carbonyl (C=O) groups excluding carboxylic acids is 1. The highest BCUT2D eigenvalue weighted by atomic mass is 32.1. The molecule has 7 heteroatoms. The molecule has 0 fully saturated rings. The molecular formula is C13H15FN4OS. The summed E-state index contributed by atoms with van der Waals surface area (Å²) >= 11 is 1.20. The lowest BCUT2D eigenvalue weighted by molar-refractivity contribution is 0.103. The van der Waals surface area contributed by atoms with Crippen LogP contribution in [0, 0.1) is 5.82 Å². The summed E-state index contributed by atoms with van der Waals surface area (Å²) in [5, 5.41) is 6.35. The van der Waals surface area contributed by atoms with Crippen LogP contribution in [-0.4, -0.2) is 17.4 Å². The fraction of sp³-hybridized carbons (Fsp3) is 0.231. The van der Waals surface area contributed by atoms with Gasteiger partial charge < -0.3 is 16.4 Å². The Labute approximate surface area is 120 Å². The van der Waals surface area contributed by atoms with Crippen molar-refractivity contribution in [3.8, 4) is 0 Å². The van der Waals surface area contributed by atoms with Gasteiger partial charge in [-0.25, -0.2) is 9.37 Å². The Morgan fingerprint density at radius 3 is 2.75 bits per heavy atom. The first-order chi connectivity index (χ1) is 9.60. The van der Waals surface area contributed by atoms with E-state index in [9.17, 15) is 9.18 Å². The number of nitrogens with two attached hydrogens (primary N) is 1. The van der Waals surface area contributed by atoms with Crippen molar-refractivity contribution in [2.75, 3.05) is 22.9 Å². The molecule has 0 aliphatic heterocycles. The van der Waals surface area contributed by atoms with E-state index in [0.29, 0.717) is 15.7 Å². The van der Waals surface area contributed by atoms with Crippen LogP contribution in [0.5, 0.6) is 0 Å². The van der Waals surface area contributed by atoms with Crippen molar-refractivity contribution < 1.29 is 9.18 Å². The van der Waals surface area contributed by atoms with Crippen LogP contribution >= 0.6 is 11.3 Å². The van der Waals surface area contributed by atoms with Gasteiger partial charge in [0, 0.05) is 12.2 Å². The van der Waals surface area contributed by atoms with Crippen LogP contribution < -0.4 is 16.4 Å². The predicted molar refractivity (Wildman–Crippen MR) is 79.7 cm³/mol. The van der Waals surface area contributed by atoms with Gasteiger partial charge in [0.2, 0.25) is 0 Å². The van der Waals surface area contributed by atoms with Gasteiger partial charge in [0.1, 0.15) is 16.5 Å². The third-order valence-corrected chi connectivity index (χ3v) is 3.52. The third kappa shape index (κ3) is 3.45. The van der Waals surface area contributed by atoms with E-state index in [0.717, 1.165) is 13.0 Å². The Balaban J connectivity index is 2.08. The molecule has 0 aliphatic rings. The molecule has 0 radical (unpaired) electrons. The molecule has 0 bridgehead atoms. The Hall–Kier alpha value is -2.15. The second-order valence-corrected chi connectivity index (χ2v) is 5.12. The zero-order valence-electron chi connectivity index (χ0n) is 10.9. The van der Waals surface area contributed by atoms with Crippen LogP contribution in [-0.2, 0) is 0 Å². The number of nitrogens with zero attached hydrogens (tertiary/aromatic N) is 1. The van der Waals surface area contributed by atoms with Crippen molar-refractivity contribution in [3.05, 3.63) is 35.0 Å². The van der Waals surface area contributed by atoms with Gasteiger partial charge in [0.25, 0.3) is 5.91 Å². The van der Waals surface area contributed by atoms with Crippen LogP contribution in [0.3, 0.4) is 0 Å². The van der Waals surface area contributed by atoms with Gasteiger partial charge in [-0.05, 0) is 30.7 Å². The summed E-state index contributed by atoms with van der Waals surface area (Å²) in [6, 6.07) is 5.53. The highest BCUT2D eigenvalue weighted by molar-refractivity contribution is 7.18. The highest BCUT2D eigenvalue weighted by Gasteiger charge is 2.16. The summed E-state index contributed by atoms with van der Waals surface area (Å²) in [6.07, 6.45) is 0.955. The molecule has 20 heavy (non-hydrogen) atoms. The van der Waals surface area contributed by atoms with Gasteiger partial charge in [-0.15, -0.1) is 0 Å². The van der Waals surface area contributed by atoms with Crippen LogP contribution in [0.4, 0.5) is 21.0 Å². The quantitative estimate of drug-likeness (QED) is 0.792. The lowest BCUT2D eigenvalue weighted by atomic mass is 10.3. The van der Waals surface area contributed by atoms with Crippen molar-refractivity contribution >= 4 is 33.9 Å². The Kier molecular flexibility index (Phi) is 4.52. The molecule has 0 spiro atoms. The standard InChI is InChI=1S/C13H15FN4OS/c1-2-7-16-13-18-11(15)10(20-13)12(19)17-9-5-3-8(14)4-6-9/h3-6H,2,7,15H2,1H3,(H,16,18)(H,17,19). The highest BCUT2D eigenvalue weighted by Crippen LogP contribution is 2.25. The maximum absolute atomic E-state index is 12.8. The van der Waals surface area contributed by atoms with Gasteiger partial charge in [0.05, 0.1) is 0 Å². The van der Waals surface area contributed by atoms with Crippen LogP contribution in [0.15, 0.2) is 24.3 Å². The number of hydrogen-bond donors (Lipinski definition) is 3. The van der Waals surface area contributed by atoms with E-state index in [1.165, 1.54) is 35.6 Å². The fourth-order valence-corrected chi connectivity index (χ4v) is 2.33. The lowest BCUT2D eigenvalue weighted by Gasteiger charge is -2.03. The smallest absolute Gasteiger partial charge is 0.269 e. The van der Waals surface area contributed by atoms with Gasteiger partial charge in [0.15, 0.2) is 5.13 Å². The summed E-state index contributed by atoms with van der Waals surface area (Å²) in [5.74, 6) is -0.518. The molecule has 1 amide bonds. The monoisotopic (exact) mass is 294 g/mol. The first kappa shape index (κ1) is 14.3. The first-order valence-corrected chi connectivity index (χ1v) is 6.99. The minimum absolute atomic E-state index is 0.188. The Morgan fingerprint density at radius 1 is 1.40 bits per heavy atom. The summed E-state index contributed by atoms with van der Waals surface area (Å²) in [6.45, 7) is 2.80. The summed E-state index contributed by atoms with van der Waals surface area (Å²) in [5.41, 5.74) is 6.24. The lowest BCUT2D eigenvalue weighted by Crippen LogP contribution is -2.12. The Bertz CT molecular complexity index is 597. The van der Waals surface area contributed by atoms with Crippen molar-refractivity contribution in [3.63, 3.8) is 0 Å². The first-order valence-electron chi connectivity index (χ1n) is 6.17. The summed E-state index contributed by atoms with van der Waals surface area (Å²) in [7, 11) is 0. The molecule has 0 unspecified atom stereocenters. The number of anilines is 3. The van der Waals surface area contributed by atoms with E-state index in [1.54, 1.807) is 0 Å². The second kappa shape index (κ2) is 6.33. The minimum Gasteiger partial charge on any atom is -0.382 e. The van der Waals surface area contributed by atoms with E-state index in [2.05, 4.69) is 15.6 Å². The van der Waals surface area contributed by atoms with Gasteiger partial charge in [-0.3, -0.25) is 4.79 Å². The van der Waals surface area contributed by atoms with Crippen LogP contribution in [0.25, 0.3) is 0 Å². The Morgan fingerprint density at radius 2 is 2.10 bits per heavy atom. The number of aromatic nitrogens is 1. The number of rotatable bonds is 5. The largest absolute Gasteiger partial charge is 0.382 e. The fourth-order valence-electron chi connectivity index (χ4n) is 1.52. The second-order valence-electron chi connectivity index (χ2n) is 4.12. The molecule has 5 nitrogen and oxygen atoms in total. The van der Waals surface area contributed by atoms with Crippen LogP contribution in [0.2, 0.25) is 0 Å². The van der Waals surface area contributed by atoms with Crippen molar-refractivity contribution in [1.82, 2.24) is 4.98 Å². The minimum atomic E-state index is -0.355. The maximum atomic E-state index is 12.8. The van der Waals surface area contributed by atoms with Crippen molar-refractivity contribution in [2.45, 2.75) is 13.3 Å². The molecule has 2 aromatic rings. The number of halogens is 1. The molecule has 0 atom stereocenters. The number of amides is 1. The topological polar surface area (TPSA) is 80.0 Å². The number of nitrogen functional groups attached to an aromatic ring is 1. The SMILES string of the molecule is CCCNc1nc(N)c(C(=O)Nc2ccc(F)cc2)s1. The normalized spacial score (nSPS) is 10.3. The molecule has 0 aliphatic carbocycles. The zero-order chi connectivity index (χ0) is 14.5. The molecule has 0 saturated heterocycles. The van der Waals surface area contributed by atoms with E-state index < -0.39 is 0 Å². The molecule has 1 heterocycles. The summed E-state index contributed by atoms with van der Waals surface area (Å²) in [4.78, 5) is 16.5. The van der Waals surface area contributed by atoms with E-state index in [1.807, 2.05) is 6.92 Å². The zero-order valence-corrected chi connectivity index (χ0v) is 11.8. The number of hydrogen-bond acceptors (Lipinski definition) is 5.